The van der Waals surface area contributed by atoms with Gasteiger partial charge < -0.3 is 14.8 Å². The van der Waals surface area contributed by atoms with Gasteiger partial charge in [0.05, 0.1) is 20.3 Å². The van der Waals surface area contributed by atoms with Gasteiger partial charge >= 0.3 is 0 Å². The molecule has 1 unspecified atom stereocenters. The van der Waals surface area contributed by atoms with Crippen molar-refractivity contribution >= 4 is 22.6 Å². The van der Waals surface area contributed by atoms with E-state index >= 15 is 0 Å². The molecular weight excluding hydrogens is 365 g/mol. The van der Waals surface area contributed by atoms with Crippen molar-refractivity contribution in [3.8, 4) is 11.5 Å². The summed E-state index contributed by atoms with van der Waals surface area (Å²) >= 11 is 2.32. The predicted octanol–water partition coefficient (Wildman–Crippen LogP) is 3.62. The first-order valence-corrected chi connectivity index (χ1v) is 7.42. The Morgan fingerprint density at radius 2 is 1.85 bits per heavy atom. The van der Waals surface area contributed by atoms with Gasteiger partial charge in [0.2, 0.25) is 0 Å². The van der Waals surface area contributed by atoms with E-state index in [1.165, 1.54) is 9.13 Å². The van der Waals surface area contributed by atoms with E-state index in [1.54, 1.807) is 14.2 Å². The van der Waals surface area contributed by atoms with Crippen molar-refractivity contribution in [3.63, 3.8) is 0 Å². The third kappa shape index (κ3) is 3.24. The van der Waals surface area contributed by atoms with Crippen LogP contribution in [-0.4, -0.2) is 21.3 Å². The summed E-state index contributed by atoms with van der Waals surface area (Å²) in [5.74, 6) is 1.68. The van der Waals surface area contributed by atoms with E-state index in [2.05, 4.69) is 52.2 Å². The first kappa shape index (κ1) is 15.1. The highest BCUT2D eigenvalue weighted by molar-refractivity contribution is 14.1. The van der Waals surface area contributed by atoms with Crippen molar-refractivity contribution in [2.75, 3.05) is 21.3 Å². The van der Waals surface area contributed by atoms with Crippen LogP contribution in [-0.2, 0) is 0 Å². The van der Waals surface area contributed by atoms with Gasteiger partial charge in [-0.1, -0.05) is 12.1 Å². The van der Waals surface area contributed by atoms with Crippen molar-refractivity contribution in [2.45, 2.75) is 6.04 Å². The molecule has 0 radical (unpaired) electrons. The number of hydrogen-bond acceptors (Lipinski definition) is 3. The molecule has 0 aliphatic carbocycles. The summed E-state index contributed by atoms with van der Waals surface area (Å²) < 4.78 is 12.0. The molecule has 0 aromatic heterocycles. The minimum atomic E-state index is 0.0646. The van der Waals surface area contributed by atoms with Crippen LogP contribution in [0.5, 0.6) is 11.5 Å². The van der Waals surface area contributed by atoms with Crippen LogP contribution < -0.4 is 14.8 Å². The normalized spacial score (nSPS) is 12.0. The zero-order valence-corrected chi connectivity index (χ0v) is 14.0. The quantitative estimate of drug-likeness (QED) is 0.801. The monoisotopic (exact) mass is 383 g/mol. The Bertz CT molecular complexity index is 586. The average Bonchev–Trinajstić information content (AvgIpc) is 2.48. The zero-order valence-electron chi connectivity index (χ0n) is 11.8. The topological polar surface area (TPSA) is 30.5 Å². The van der Waals surface area contributed by atoms with Gasteiger partial charge in [0.25, 0.3) is 0 Å². The molecule has 3 nitrogen and oxygen atoms in total. The van der Waals surface area contributed by atoms with Crippen molar-refractivity contribution in [3.05, 3.63) is 57.2 Å². The summed E-state index contributed by atoms with van der Waals surface area (Å²) in [6.07, 6.45) is 0. The van der Waals surface area contributed by atoms with E-state index in [4.69, 9.17) is 9.47 Å². The van der Waals surface area contributed by atoms with E-state index in [1.807, 2.05) is 25.2 Å². The summed E-state index contributed by atoms with van der Waals surface area (Å²) in [4.78, 5) is 0. The SMILES string of the molecule is CNC(c1cccc(I)c1)c1cc(OC)ccc1OC. The minimum Gasteiger partial charge on any atom is -0.497 e. The molecule has 0 amide bonds. The summed E-state index contributed by atoms with van der Waals surface area (Å²) in [5.41, 5.74) is 2.27. The molecule has 4 heteroatoms. The van der Waals surface area contributed by atoms with Gasteiger partial charge in [0.15, 0.2) is 0 Å². The van der Waals surface area contributed by atoms with Crippen molar-refractivity contribution < 1.29 is 9.47 Å². The molecule has 2 rings (SSSR count). The summed E-state index contributed by atoms with van der Waals surface area (Å²) in [6.45, 7) is 0. The molecule has 106 valence electrons. The lowest BCUT2D eigenvalue weighted by molar-refractivity contribution is 0.395. The Kier molecular flexibility index (Phi) is 5.25. The average molecular weight is 383 g/mol. The summed E-state index contributed by atoms with van der Waals surface area (Å²) in [6, 6.07) is 14.3. The van der Waals surface area contributed by atoms with E-state index in [9.17, 15) is 0 Å². The molecule has 0 saturated carbocycles. The molecule has 0 heterocycles. The van der Waals surface area contributed by atoms with Crippen LogP contribution in [0.1, 0.15) is 17.2 Å². The van der Waals surface area contributed by atoms with E-state index in [0.717, 1.165) is 17.1 Å². The van der Waals surface area contributed by atoms with Crippen LogP contribution in [0, 0.1) is 3.57 Å². The first-order valence-electron chi connectivity index (χ1n) is 6.34. The van der Waals surface area contributed by atoms with Crippen LogP contribution in [0.3, 0.4) is 0 Å². The maximum atomic E-state index is 5.48. The fourth-order valence-electron chi connectivity index (χ4n) is 2.25. The molecule has 0 saturated heterocycles. The lowest BCUT2D eigenvalue weighted by Gasteiger charge is -2.21. The number of halogens is 1. The maximum Gasteiger partial charge on any atom is 0.124 e. The molecule has 1 atom stereocenters. The molecule has 0 aliphatic heterocycles. The molecule has 2 aromatic rings. The van der Waals surface area contributed by atoms with Gasteiger partial charge in [-0.3, -0.25) is 0 Å². The van der Waals surface area contributed by atoms with Crippen LogP contribution in [0.15, 0.2) is 42.5 Å². The summed E-state index contributed by atoms with van der Waals surface area (Å²) in [7, 11) is 5.31. The fourth-order valence-corrected chi connectivity index (χ4v) is 2.82. The largest absolute Gasteiger partial charge is 0.497 e. The molecule has 0 aliphatic rings. The third-order valence-electron chi connectivity index (χ3n) is 3.22. The van der Waals surface area contributed by atoms with Gasteiger partial charge in [-0.2, -0.15) is 0 Å². The van der Waals surface area contributed by atoms with E-state index in [-0.39, 0.29) is 6.04 Å². The lowest BCUT2D eigenvalue weighted by atomic mass is 9.98. The second-order valence-electron chi connectivity index (χ2n) is 4.38. The predicted molar refractivity (Wildman–Crippen MR) is 89.6 cm³/mol. The number of rotatable bonds is 5. The smallest absolute Gasteiger partial charge is 0.124 e. The maximum absolute atomic E-state index is 5.48. The van der Waals surface area contributed by atoms with Crippen molar-refractivity contribution in [1.29, 1.82) is 0 Å². The van der Waals surface area contributed by atoms with Crippen LogP contribution >= 0.6 is 22.6 Å². The minimum absolute atomic E-state index is 0.0646. The molecule has 1 N–H and O–H groups in total. The highest BCUT2D eigenvalue weighted by atomic mass is 127. The molecule has 20 heavy (non-hydrogen) atoms. The Hall–Kier alpha value is -1.27. The van der Waals surface area contributed by atoms with Crippen LogP contribution in [0.2, 0.25) is 0 Å². The lowest BCUT2D eigenvalue weighted by Crippen LogP contribution is -2.18. The number of hydrogen-bond donors (Lipinski definition) is 1. The highest BCUT2D eigenvalue weighted by Crippen LogP contribution is 2.33. The Morgan fingerprint density at radius 3 is 2.45 bits per heavy atom. The van der Waals surface area contributed by atoms with Crippen LogP contribution in [0.4, 0.5) is 0 Å². The number of benzene rings is 2. The van der Waals surface area contributed by atoms with Crippen molar-refractivity contribution in [2.24, 2.45) is 0 Å². The standard InChI is InChI=1S/C16H18INO2/c1-18-16(11-5-4-6-12(17)9-11)14-10-13(19-2)7-8-15(14)20-3/h4-10,16,18H,1-3H3. The number of methoxy groups -OCH3 is 2. The molecule has 2 aromatic carbocycles. The molecule has 0 bridgehead atoms. The fraction of sp³-hybridized carbons (Fsp3) is 0.250. The molecule has 0 spiro atoms. The molecular formula is C16H18INO2. The van der Waals surface area contributed by atoms with E-state index < -0.39 is 0 Å². The second-order valence-corrected chi connectivity index (χ2v) is 5.63. The number of nitrogens with one attached hydrogen (secondary N) is 1. The van der Waals surface area contributed by atoms with Crippen molar-refractivity contribution in [1.82, 2.24) is 5.32 Å². The third-order valence-corrected chi connectivity index (χ3v) is 3.89. The van der Waals surface area contributed by atoms with E-state index in [0.29, 0.717) is 0 Å². The Morgan fingerprint density at radius 1 is 1.05 bits per heavy atom. The van der Waals surface area contributed by atoms with Crippen LogP contribution in [0.25, 0.3) is 0 Å². The van der Waals surface area contributed by atoms with Gasteiger partial charge in [-0.15, -0.1) is 0 Å². The molecule has 0 fully saturated rings. The van der Waals surface area contributed by atoms with Gasteiger partial charge in [0.1, 0.15) is 11.5 Å². The van der Waals surface area contributed by atoms with Gasteiger partial charge in [0, 0.05) is 9.13 Å². The van der Waals surface area contributed by atoms with Gasteiger partial charge in [-0.05, 0) is 65.5 Å². The Balaban J connectivity index is 2.50. The van der Waals surface area contributed by atoms with Gasteiger partial charge in [-0.25, -0.2) is 0 Å². The Labute approximate surface area is 133 Å². The number of ether oxygens (including phenoxy) is 2. The second kappa shape index (κ2) is 6.95. The first-order chi connectivity index (χ1) is 9.69. The highest BCUT2D eigenvalue weighted by Gasteiger charge is 2.17. The summed E-state index contributed by atoms with van der Waals surface area (Å²) in [5, 5.41) is 3.35. The zero-order chi connectivity index (χ0) is 14.5.